The topological polar surface area (TPSA) is 53.1 Å². The van der Waals surface area contributed by atoms with Gasteiger partial charge in [0.15, 0.2) is 0 Å². The van der Waals surface area contributed by atoms with Crippen molar-refractivity contribution in [1.82, 2.24) is 9.55 Å². The van der Waals surface area contributed by atoms with E-state index in [4.69, 9.17) is 10.5 Å². The van der Waals surface area contributed by atoms with Crippen LogP contribution < -0.4 is 10.5 Å². The predicted octanol–water partition coefficient (Wildman–Crippen LogP) is 1.69. The standard InChI is InChI=1S/C13H17N3O/c1-10-7-11(3-4-13(10)17-2)16-9-15-8-12(16)5-6-14/h3-4,7-9H,5-6,14H2,1-2H3. The van der Waals surface area contributed by atoms with Crippen LogP contribution in [-0.4, -0.2) is 23.2 Å². The molecule has 0 aliphatic heterocycles. The molecule has 1 heterocycles. The zero-order valence-electron chi connectivity index (χ0n) is 10.2. The zero-order chi connectivity index (χ0) is 12.3. The molecule has 1 aromatic heterocycles. The van der Waals surface area contributed by atoms with Crippen molar-refractivity contribution < 1.29 is 4.74 Å². The lowest BCUT2D eigenvalue weighted by atomic mass is 10.2. The summed E-state index contributed by atoms with van der Waals surface area (Å²) in [5.41, 5.74) is 8.90. The quantitative estimate of drug-likeness (QED) is 0.871. The van der Waals surface area contributed by atoms with Crippen LogP contribution in [0.5, 0.6) is 5.75 Å². The third kappa shape index (κ3) is 2.31. The highest BCUT2D eigenvalue weighted by Crippen LogP contribution is 2.21. The molecule has 0 atom stereocenters. The fourth-order valence-corrected chi connectivity index (χ4v) is 1.90. The summed E-state index contributed by atoms with van der Waals surface area (Å²) in [5, 5.41) is 0. The van der Waals surface area contributed by atoms with Crippen LogP contribution in [0.25, 0.3) is 5.69 Å². The summed E-state index contributed by atoms with van der Waals surface area (Å²) in [5.74, 6) is 0.897. The van der Waals surface area contributed by atoms with Crippen LogP contribution in [0.1, 0.15) is 11.3 Å². The van der Waals surface area contributed by atoms with Gasteiger partial charge in [0.1, 0.15) is 5.75 Å². The summed E-state index contributed by atoms with van der Waals surface area (Å²) >= 11 is 0. The molecule has 2 N–H and O–H groups in total. The van der Waals surface area contributed by atoms with Crippen molar-refractivity contribution in [1.29, 1.82) is 0 Å². The Balaban J connectivity index is 2.39. The number of nitrogens with zero attached hydrogens (tertiary/aromatic N) is 2. The summed E-state index contributed by atoms with van der Waals surface area (Å²) in [6.07, 6.45) is 4.49. The van der Waals surface area contributed by atoms with Crippen molar-refractivity contribution in [2.45, 2.75) is 13.3 Å². The van der Waals surface area contributed by atoms with Gasteiger partial charge in [-0.1, -0.05) is 0 Å². The molecule has 0 radical (unpaired) electrons. The third-order valence-electron chi connectivity index (χ3n) is 2.77. The van der Waals surface area contributed by atoms with E-state index < -0.39 is 0 Å². The molecule has 90 valence electrons. The van der Waals surface area contributed by atoms with Gasteiger partial charge in [0, 0.05) is 24.0 Å². The molecule has 4 nitrogen and oxygen atoms in total. The first-order valence-corrected chi connectivity index (χ1v) is 5.62. The third-order valence-corrected chi connectivity index (χ3v) is 2.77. The highest BCUT2D eigenvalue weighted by Gasteiger charge is 2.05. The van der Waals surface area contributed by atoms with E-state index in [1.165, 1.54) is 0 Å². The van der Waals surface area contributed by atoms with Crippen LogP contribution in [0.15, 0.2) is 30.7 Å². The molecule has 0 bridgehead atoms. The van der Waals surface area contributed by atoms with E-state index in [2.05, 4.69) is 15.6 Å². The first kappa shape index (κ1) is 11.7. The minimum absolute atomic E-state index is 0.626. The first-order chi connectivity index (χ1) is 8.26. The molecule has 0 aliphatic carbocycles. The Morgan fingerprint density at radius 2 is 2.24 bits per heavy atom. The van der Waals surface area contributed by atoms with E-state index in [1.807, 2.05) is 31.6 Å². The Bertz CT molecular complexity index is 505. The largest absolute Gasteiger partial charge is 0.496 e. The van der Waals surface area contributed by atoms with Gasteiger partial charge in [-0.3, -0.25) is 0 Å². The molecule has 17 heavy (non-hydrogen) atoms. The highest BCUT2D eigenvalue weighted by molar-refractivity contribution is 5.44. The molecule has 0 unspecified atom stereocenters. The second kappa shape index (κ2) is 5.01. The van der Waals surface area contributed by atoms with E-state index in [9.17, 15) is 0 Å². The fraction of sp³-hybridized carbons (Fsp3) is 0.308. The van der Waals surface area contributed by atoms with Crippen molar-refractivity contribution >= 4 is 0 Å². The minimum atomic E-state index is 0.626. The number of rotatable bonds is 4. The van der Waals surface area contributed by atoms with Crippen molar-refractivity contribution in [3.05, 3.63) is 42.0 Å². The normalized spacial score (nSPS) is 10.5. The second-order valence-electron chi connectivity index (χ2n) is 3.95. The molecular formula is C13H17N3O. The molecule has 1 aromatic carbocycles. The SMILES string of the molecule is COc1ccc(-n2cncc2CCN)cc1C. The number of aromatic nitrogens is 2. The van der Waals surface area contributed by atoms with Crippen LogP contribution in [-0.2, 0) is 6.42 Å². The summed E-state index contributed by atoms with van der Waals surface area (Å²) in [4.78, 5) is 4.17. The lowest BCUT2D eigenvalue weighted by molar-refractivity contribution is 0.411. The van der Waals surface area contributed by atoms with Crippen LogP contribution in [0.2, 0.25) is 0 Å². The minimum Gasteiger partial charge on any atom is -0.496 e. The lowest BCUT2D eigenvalue weighted by Crippen LogP contribution is -2.07. The smallest absolute Gasteiger partial charge is 0.121 e. The Labute approximate surface area is 101 Å². The number of hydrogen-bond donors (Lipinski definition) is 1. The molecular weight excluding hydrogens is 214 g/mol. The highest BCUT2D eigenvalue weighted by atomic mass is 16.5. The summed E-state index contributed by atoms with van der Waals surface area (Å²) in [7, 11) is 1.68. The van der Waals surface area contributed by atoms with Crippen LogP contribution in [0.3, 0.4) is 0 Å². The van der Waals surface area contributed by atoms with E-state index in [0.29, 0.717) is 6.54 Å². The first-order valence-electron chi connectivity index (χ1n) is 5.62. The van der Waals surface area contributed by atoms with E-state index in [0.717, 1.165) is 29.1 Å². The van der Waals surface area contributed by atoms with Crippen LogP contribution in [0, 0.1) is 6.92 Å². The molecule has 2 aromatic rings. The number of nitrogens with two attached hydrogens (primary N) is 1. The Morgan fingerprint density at radius 1 is 1.41 bits per heavy atom. The van der Waals surface area contributed by atoms with E-state index in [1.54, 1.807) is 7.11 Å². The van der Waals surface area contributed by atoms with Gasteiger partial charge in [0.05, 0.1) is 13.4 Å². The van der Waals surface area contributed by atoms with Crippen molar-refractivity contribution in [3.63, 3.8) is 0 Å². The van der Waals surface area contributed by atoms with Gasteiger partial charge in [0.2, 0.25) is 0 Å². The second-order valence-corrected chi connectivity index (χ2v) is 3.95. The monoisotopic (exact) mass is 231 g/mol. The van der Waals surface area contributed by atoms with Crippen molar-refractivity contribution in [2.75, 3.05) is 13.7 Å². The van der Waals surface area contributed by atoms with Gasteiger partial charge in [-0.15, -0.1) is 0 Å². The van der Waals surface area contributed by atoms with Gasteiger partial charge in [-0.25, -0.2) is 4.98 Å². The van der Waals surface area contributed by atoms with Gasteiger partial charge < -0.3 is 15.0 Å². The molecule has 0 saturated heterocycles. The van der Waals surface area contributed by atoms with Gasteiger partial charge in [-0.2, -0.15) is 0 Å². The lowest BCUT2D eigenvalue weighted by Gasteiger charge is -2.10. The van der Waals surface area contributed by atoms with E-state index >= 15 is 0 Å². The number of ether oxygens (including phenoxy) is 1. The fourth-order valence-electron chi connectivity index (χ4n) is 1.90. The number of hydrogen-bond acceptors (Lipinski definition) is 3. The molecule has 0 saturated carbocycles. The number of methoxy groups -OCH3 is 1. The summed E-state index contributed by atoms with van der Waals surface area (Å²) < 4.78 is 7.31. The van der Waals surface area contributed by atoms with Gasteiger partial charge >= 0.3 is 0 Å². The van der Waals surface area contributed by atoms with Crippen LogP contribution >= 0.6 is 0 Å². The molecule has 2 rings (SSSR count). The Hall–Kier alpha value is -1.81. The number of imidazole rings is 1. The average Bonchev–Trinajstić information content (AvgIpc) is 2.78. The predicted molar refractivity (Wildman–Crippen MR) is 67.6 cm³/mol. The van der Waals surface area contributed by atoms with Crippen molar-refractivity contribution in [2.24, 2.45) is 5.73 Å². The maximum Gasteiger partial charge on any atom is 0.121 e. The van der Waals surface area contributed by atoms with Crippen molar-refractivity contribution in [3.8, 4) is 11.4 Å². The molecule has 0 spiro atoms. The summed E-state index contributed by atoms with van der Waals surface area (Å²) in [6, 6.07) is 6.07. The van der Waals surface area contributed by atoms with Gasteiger partial charge in [-0.05, 0) is 37.2 Å². The summed E-state index contributed by atoms with van der Waals surface area (Å²) in [6.45, 7) is 2.66. The molecule has 4 heteroatoms. The zero-order valence-corrected chi connectivity index (χ0v) is 10.2. The molecule has 0 fully saturated rings. The van der Waals surface area contributed by atoms with E-state index in [-0.39, 0.29) is 0 Å². The Morgan fingerprint density at radius 3 is 2.88 bits per heavy atom. The molecule has 0 aliphatic rings. The average molecular weight is 231 g/mol. The maximum absolute atomic E-state index is 5.58. The van der Waals surface area contributed by atoms with Crippen LogP contribution in [0.4, 0.5) is 0 Å². The maximum atomic E-state index is 5.58. The van der Waals surface area contributed by atoms with Gasteiger partial charge in [0.25, 0.3) is 0 Å². The molecule has 0 amide bonds. The number of aryl methyl sites for hydroxylation is 1. The number of benzene rings is 1. The Kier molecular flexibility index (Phi) is 3.44.